The largest absolute Gasteiger partial charge is 0.358 e. The second kappa shape index (κ2) is 8.99. The van der Waals surface area contributed by atoms with Crippen molar-refractivity contribution in [2.75, 3.05) is 5.32 Å². The Kier molecular flexibility index (Phi) is 5.74. The van der Waals surface area contributed by atoms with E-state index in [9.17, 15) is 9.65 Å². The van der Waals surface area contributed by atoms with Crippen molar-refractivity contribution in [1.29, 1.82) is 5.26 Å². The maximum Gasteiger partial charge on any atom is 0.151 e. The lowest BCUT2D eigenvalue weighted by Gasteiger charge is -2.22. The molecule has 2 aromatic heterocycles. The quantitative estimate of drug-likeness (QED) is 0.294. The van der Waals surface area contributed by atoms with Gasteiger partial charge in [0.1, 0.15) is 23.0 Å². The van der Waals surface area contributed by atoms with Gasteiger partial charge < -0.3 is 5.32 Å². The summed E-state index contributed by atoms with van der Waals surface area (Å²) in [7, 11) is 0. The van der Waals surface area contributed by atoms with Gasteiger partial charge in [-0.15, -0.1) is 11.3 Å². The van der Waals surface area contributed by atoms with Crippen molar-refractivity contribution in [1.82, 2.24) is 9.97 Å². The third-order valence-corrected chi connectivity index (χ3v) is 6.16. The molecule has 2 heterocycles. The predicted molar refractivity (Wildman–Crippen MR) is 131 cm³/mol. The van der Waals surface area contributed by atoms with Gasteiger partial charge in [-0.3, -0.25) is 0 Å². The van der Waals surface area contributed by atoms with Crippen LogP contribution in [0.3, 0.4) is 0 Å². The first-order chi connectivity index (χ1) is 16.2. The van der Waals surface area contributed by atoms with E-state index in [4.69, 9.17) is 11.6 Å². The number of aromatic nitrogens is 2. The molecule has 0 aliphatic rings. The minimum atomic E-state index is -0.558. The lowest BCUT2D eigenvalue weighted by molar-refractivity contribution is 0.637. The number of benzene rings is 3. The summed E-state index contributed by atoms with van der Waals surface area (Å²) in [5.41, 5.74) is 5.14. The second-order valence-corrected chi connectivity index (χ2v) is 8.53. The molecule has 5 aromatic rings. The van der Waals surface area contributed by atoms with Gasteiger partial charge in [-0.1, -0.05) is 72.3 Å². The predicted octanol–water partition coefficient (Wildman–Crippen LogP) is 7.22. The van der Waals surface area contributed by atoms with Crippen LogP contribution < -0.4 is 5.32 Å². The number of nitriles is 1. The minimum Gasteiger partial charge on any atom is -0.358 e. The number of pyridine rings is 1. The Balaban J connectivity index is 1.76. The molecule has 0 saturated carbocycles. The van der Waals surface area contributed by atoms with Crippen LogP contribution in [0.25, 0.3) is 22.2 Å². The molecule has 0 spiro atoms. The number of anilines is 1. The lowest BCUT2D eigenvalue weighted by Crippen LogP contribution is -2.15. The minimum absolute atomic E-state index is 0.128. The van der Waals surface area contributed by atoms with Crippen molar-refractivity contribution in [3.63, 3.8) is 0 Å². The van der Waals surface area contributed by atoms with Crippen molar-refractivity contribution in [3.05, 3.63) is 111 Å². The summed E-state index contributed by atoms with van der Waals surface area (Å²) >= 11 is 7.55. The fraction of sp³-hybridized carbons (Fsp3) is 0.0385. The second-order valence-electron chi connectivity index (χ2n) is 7.38. The number of hydrogen-bond donors (Lipinski definition) is 1. The highest BCUT2D eigenvalue weighted by Crippen LogP contribution is 2.38. The third-order valence-electron chi connectivity index (χ3n) is 5.36. The molecule has 5 rings (SSSR count). The fourth-order valence-corrected chi connectivity index (χ4v) is 4.64. The zero-order valence-corrected chi connectivity index (χ0v) is 18.7. The van der Waals surface area contributed by atoms with Crippen LogP contribution in [-0.4, -0.2) is 9.97 Å². The molecule has 0 aliphatic carbocycles. The van der Waals surface area contributed by atoms with Gasteiger partial charge in [0.25, 0.3) is 0 Å². The molecule has 160 valence electrons. The van der Waals surface area contributed by atoms with Crippen molar-refractivity contribution in [2.45, 2.75) is 6.04 Å². The maximum absolute atomic E-state index is 15.0. The Morgan fingerprint density at radius 3 is 2.24 bits per heavy atom. The first-order valence-corrected chi connectivity index (χ1v) is 11.5. The Bertz CT molecular complexity index is 1430. The van der Waals surface area contributed by atoms with Crippen molar-refractivity contribution in [2.24, 2.45) is 0 Å². The van der Waals surface area contributed by atoms with Gasteiger partial charge in [-0.05, 0) is 23.3 Å². The molecule has 33 heavy (non-hydrogen) atoms. The first-order valence-electron chi connectivity index (χ1n) is 10.1. The van der Waals surface area contributed by atoms with Crippen molar-refractivity contribution >= 4 is 39.7 Å². The Morgan fingerprint density at radius 1 is 1.00 bits per heavy atom. The van der Waals surface area contributed by atoms with Gasteiger partial charge in [-0.25, -0.2) is 14.4 Å². The molecule has 0 bridgehead atoms. The highest BCUT2D eigenvalue weighted by Gasteiger charge is 2.23. The standard InChI is InChI=1S/C26H16ClFN4S/c27-18-11-19-23(22-14-33-15-30-22)20(13-29)26(32-25(19)21(28)12-18)31-24(16-7-3-1-4-8-16)17-9-5-2-6-10-17/h1-12,14-15,24H,(H,31,32). The molecule has 3 aromatic carbocycles. The van der Waals surface area contributed by atoms with Crippen LogP contribution >= 0.6 is 22.9 Å². The van der Waals surface area contributed by atoms with Crippen LogP contribution in [0, 0.1) is 17.1 Å². The average molecular weight is 471 g/mol. The van der Waals surface area contributed by atoms with E-state index in [2.05, 4.69) is 21.4 Å². The number of rotatable bonds is 5. The molecular formula is C26H16ClFN4S. The molecule has 4 nitrogen and oxygen atoms in total. The SMILES string of the molecule is N#Cc1c(NC(c2ccccc2)c2ccccc2)nc2c(F)cc(Cl)cc2c1-c1cscn1. The molecule has 7 heteroatoms. The van der Waals surface area contributed by atoms with E-state index in [1.807, 2.05) is 66.0 Å². The lowest BCUT2D eigenvalue weighted by atomic mass is 9.97. The summed E-state index contributed by atoms with van der Waals surface area (Å²) in [6.45, 7) is 0. The molecule has 0 radical (unpaired) electrons. The monoisotopic (exact) mass is 470 g/mol. The van der Waals surface area contributed by atoms with Gasteiger partial charge in [0.15, 0.2) is 5.82 Å². The topological polar surface area (TPSA) is 61.6 Å². The van der Waals surface area contributed by atoms with Gasteiger partial charge in [0, 0.05) is 21.4 Å². The number of halogens is 2. The van der Waals surface area contributed by atoms with E-state index in [1.54, 1.807) is 11.6 Å². The number of thiazole rings is 1. The van der Waals surface area contributed by atoms with Crippen LogP contribution in [0.5, 0.6) is 0 Å². The summed E-state index contributed by atoms with van der Waals surface area (Å²) in [4.78, 5) is 8.94. The smallest absolute Gasteiger partial charge is 0.151 e. The van der Waals surface area contributed by atoms with E-state index in [0.717, 1.165) is 11.1 Å². The van der Waals surface area contributed by atoms with E-state index in [-0.39, 0.29) is 28.0 Å². The normalized spacial score (nSPS) is 11.0. The third kappa shape index (κ3) is 4.05. The number of nitrogens with zero attached hydrogens (tertiary/aromatic N) is 3. The van der Waals surface area contributed by atoms with Crippen molar-refractivity contribution in [3.8, 4) is 17.3 Å². The zero-order chi connectivity index (χ0) is 22.8. The van der Waals surface area contributed by atoms with Crippen LogP contribution in [-0.2, 0) is 0 Å². The number of nitrogens with one attached hydrogen (secondary N) is 1. The number of fused-ring (bicyclic) bond motifs is 1. The van der Waals surface area contributed by atoms with E-state index in [0.29, 0.717) is 16.6 Å². The van der Waals surface area contributed by atoms with Crippen LogP contribution in [0.15, 0.2) is 83.7 Å². The molecular weight excluding hydrogens is 455 g/mol. The zero-order valence-electron chi connectivity index (χ0n) is 17.2. The molecule has 0 atom stereocenters. The van der Waals surface area contributed by atoms with Gasteiger partial charge in [0.05, 0.1) is 17.2 Å². The molecule has 0 aliphatic heterocycles. The fourth-order valence-electron chi connectivity index (χ4n) is 3.89. The molecule has 0 amide bonds. The summed E-state index contributed by atoms with van der Waals surface area (Å²) in [5.74, 6) is -0.274. The van der Waals surface area contributed by atoms with Crippen molar-refractivity contribution < 1.29 is 4.39 Å². The Morgan fingerprint density at radius 2 is 1.67 bits per heavy atom. The molecule has 1 N–H and O–H groups in total. The van der Waals surface area contributed by atoms with E-state index < -0.39 is 5.82 Å². The van der Waals surface area contributed by atoms with Gasteiger partial charge in [-0.2, -0.15) is 5.26 Å². The van der Waals surface area contributed by atoms with Crippen LogP contribution in [0.1, 0.15) is 22.7 Å². The van der Waals surface area contributed by atoms with Crippen LogP contribution in [0.2, 0.25) is 5.02 Å². The molecule has 0 saturated heterocycles. The highest BCUT2D eigenvalue weighted by atomic mass is 35.5. The molecule has 0 fully saturated rings. The van der Waals surface area contributed by atoms with E-state index >= 15 is 0 Å². The molecule has 0 unspecified atom stereocenters. The summed E-state index contributed by atoms with van der Waals surface area (Å²) in [5, 5.41) is 16.1. The highest BCUT2D eigenvalue weighted by molar-refractivity contribution is 7.07. The summed E-state index contributed by atoms with van der Waals surface area (Å²) in [6, 6.07) is 24.5. The average Bonchev–Trinajstić information content (AvgIpc) is 3.37. The first kappa shape index (κ1) is 21.1. The summed E-state index contributed by atoms with van der Waals surface area (Å²) < 4.78 is 15.0. The number of hydrogen-bond acceptors (Lipinski definition) is 5. The van der Waals surface area contributed by atoms with Gasteiger partial charge in [0.2, 0.25) is 0 Å². The summed E-state index contributed by atoms with van der Waals surface area (Å²) in [6.07, 6.45) is 0. The maximum atomic E-state index is 15.0. The van der Waals surface area contributed by atoms with Gasteiger partial charge >= 0.3 is 0 Å². The Hall–Kier alpha value is -3.79. The van der Waals surface area contributed by atoms with Crippen LogP contribution in [0.4, 0.5) is 10.2 Å². The Labute approximate surface area is 199 Å². The van der Waals surface area contributed by atoms with E-state index in [1.165, 1.54) is 17.4 Å².